The number of pyridine rings is 7. The molecule has 3 amide bonds. The normalized spacial score (nSPS) is 10.0. The number of aromatic amines is 5. The summed E-state index contributed by atoms with van der Waals surface area (Å²) in [7, 11) is 0. The maximum Gasteiger partial charge on any atom is 0.269 e. The van der Waals surface area contributed by atoms with Crippen molar-refractivity contribution < 1.29 is 29.0 Å². The number of hydrogen-bond donors (Lipinski definition) is 13. The molecule has 0 unspecified atom stereocenters. The van der Waals surface area contributed by atoms with Gasteiger partial charge in [-0.05, 0) is 260 Å². The van der Waals surface area contributed by atoms with E-state index in [1.807, 2.05) is 194 Å². The van der Waals surface area contributed by atoms with E-state index in [9.17, 15) is 63.4 Å². The number of carbonyl (C=O) groups is 4. The Hall–Kier alpha value is -15.7. The Morgan fingerprint density at radius 2 is 0.629 bits per heavy atom. The highest BCUT2D eigenvalue weighted by Gasteiger charge is 2.15. The Bertz CT molecular complexity index is 7460. The fourth-order valence-electron chi connectivity index (χ4n) is 11.6. The zero-order chi connectivity index (χ0) is 98.2. The van der Waals surface area contributed by atoms with Crippen LogP contribution in [0.15, 0.2) is 451 Å². The topological polar surface area (TPSA) is 471 Å². The number of anilines is 8. The monoisotopic (exact) mass is 2060 g/mol. The molecule has 0 fully saturated rings. The van der Waals surface area contributed by atoms with E-state index in [1.54, 1.807) is 122 Å². The van der Waals surface area contributed by atoms with Gasteiger partial charge in [-0.15, -0.1) is 37.4 Å². The number of hydrogen-bond acceptors (Lipinski definition) is 24. The number of benzene rings is 11. The first-order valence-corrected chi connectivity index (χ1v) is 45.6. The third kappa shape index (κ3) is 36.4. The molecule has 0 spiro atoms. The van der Waals surface area contributed by atoms with E-state index in [1.165, 1.54) is 114 Å². The van der Waals surface area contributed by atoms with Crippen LogP contribution in [0.4, 0.5) is 56.9 Å². The third-order valence-electron chi connectivity index (χ3n) is 18.3. The van der Waals surface area contributed by atoms with Crippen LogP contribution in [0, 0.1) is 20.2 Å². The molecule has 39 heteroatoms. The number of nitrogens with one attached hydrogen (secondary N) is 9. The number of nitrogen functional groups attached to an aromatic ring is 3. The van der Waals surface area contributed by atoms with E-state index in [2.05, 4.69) is 68.8 Å². The van der Waals surface area contributed by atoms with Gasteiger partial charge in [0.1, 0.15) is 0 Å². The fourth-order valence-corrected chi connectivity index (χ4v) is 15.6. The van der Waals surface area contributed by atoms with Gasteiger partial charge in [0.15, 0.2) is 0 Å². The maximum atomic E-state index is 12.7. The molecule has 0 aliphatic rings. The SMILES string of the molecule is Cl.Cl.Clc1ccnc2ccccc12.Nc1ccc(C(=O)Nc2ccc(Sc3cc[nH]c(=O)c3)cc2)cc1.Nc1ccc(S)cc1.Nc1ccc(Sc2cc[nH]c(=O)c2)cc1.O=C(Cl)c1ccc([N+](=O)[O-])cc1.O=C(Nc1ccc(Sc2cc[nH]c(=O)c2)cc1)c1ccc(Nc2ccnc3ccccc23)cc1.O=C(Nc1ccc(Sc2cc[nH]c(=O)c2)cc1)c1ccc([N+](=O)[O-])cc1.O=c1cc(Cl)cc[nH]1. The summed E-state index contributed by atoms with van der Waals surface area (Å²) in [5.41, 5.74) is 25.3. The minimum atomic E-state index is -0.620. The number of non-ortho nitro benzene ring substituents is 2. The number of amides is 3. The van der Waals surface area contributed by atoms with Crippen LogP contribution in [0.5, 0.6) is 0 Å². The van der Waals surface area contributed by atoms with Crippen molar-refractivity contribution in [3.8, 4) is 0 Å². The number of H-pyrrole nitrogens is 5. The van der Waals surface area contributed by atoms with Crippen LogP contribution in [-0.2, 0) is 0 Å². The first-order chi connectivity index (χ1) is 66.5. The van der Waals surface area contributed by atoms with Crippen molar-refractivity contribution >= 4 is 221 Å². The molecule has 0 aliphatic carbocycles. The molecule has 0 bridgehead atoms. The molecule has 11 aromatic carbocycles. The minimum Gasteiger partial charge on any atom is -0.399 e. The van der Waals surface area contributed by atoms with Crippen LogP contribution >= 0.6 is 119 Å². The molecule has 7 heterocycles. The smallest absolute Gasteiger partial charge is 0.269 e. The van der Waals surface area contributed by atoms with Gasteiger partial charge in [0, 0.05) is 226 Å². The summed E-state index contributed by atoms with van der Waals surface area (Å²) < 4.78 is 0. The largest absolute Gasteiger partial charge is 0.399 e. The number of thiol groups is 1. The Kier molecular flexibility index (Phi) is 42.8. The Balaban J connectivity index is 0.000000187. The standard InChI is InChI=1S/C27H20N4O2S.C18H13N3O4S.C18H15N3O2S.C11H10N2OS.C9H6ClN.C7H4ClNO3.C6H7NS.C5H4ClNO.2ClH/c32-26-17-22(13-15-29-26)34-21-11-9-20(10-12-21)31-27(33)18-5-7-19(8-6-18)30-25-14-16-28-24-4-2-1-3-23(24)25;22-17-11-16(9-10-19-17)26-15-7-3-13(4-8-15)20-18(23)12-1-5-14(6-2-12)21(24)25;19-13-3-1-12(2-4-13)18(23)21-14-5-7-15(8-6-14)24-16-9-10-20-17(22)11-16;12-8-1-3-9(4-2-8)15-10-5-6-13-11(14)7-10;10-8-5-6-11-9-4-2-1-3-7(8)9;8-7(10)5-1-3-6(4-2-5)9(11)12;7-5-1-3-6(8)4-2-5;6-4-1-2-7-5(8)3-4;;/h1-17H,(H,28,30)(H,29,32)(H,31,33);1-11H,(H,19,22)(H,20,23);1-11H,19H2,(H,20,22)(H,21,23);1-7H,12H2,(H,13,14);1-6H;1-4H;1-4,8H,7H2;1-3H,(H,7,8);2*1H. The van der Waals surface area contributed by atoms with Gasteiger partial charge >= 0.3 is 0 Å². The van der Waals surface area contributed by atoms with Gasteiger partial charge in [-0.3, -0.25) is 73.3 Å². The van der Waals surface area contributed by atoms with Crippen molar-refractivity contribution in [3.63, 3.8) is 0 Å². The average Bonchev–Trinajstić information content (AvgIpc) is 0.772. The molecule has 0 saturated carbocycles. The second-order valence-corrected chi connectivity index (χ2v) is 34.6. The molecule has 0 radical (unpaired) electrons. The van der Waals surface area contributed by atoms with Crippen LogP contribution < -0.4 is 66.3 Å². The van der Waals surface area contributed by atoms with E-state index in [-0.39, 0.29) is 87.3 Å². The summed E-state index contributed by atoms with van der Waals surface area (Å²) in [6.07, 6.45) is 11.5. The molecule has 0 atom stereocenters. The van der Waals surface area contributed by atoms with Gasteiger partial charge in [0.25, 0.3) is 34.3 Å². The molecule has 0 saturated heterocycles. The Morgan fingerprint density at radius 3 is 0.957 bits per heavy atom. The second kappa shape index (κ2) is 55.5. The highest BCUT2D eigenvalue weighted by atomic mass is 35.5. The van der Waals surface area contributed by atoms with Gasteiger partial charge in [0.2, 0.25) is 27.8 Å². The first-order valence-electron chi connectivity index (χ1n) is 40.7. The lowest BCUT2D eigenvalue weighted by Gasteiger charge is -2.10. The van der Waals surface area contributed by atoms with E-state index < -0.39 is 15.1 Å². The van der Waals surface area contributed by atoms with E-state index in [0.29, 0.717) is 44.5 Å². The molecule has 18 aromatic rings. The van der Waals surface area contributed by atoms with E-state index in [0.717, 1.165) is 93.6 Å². The van der Waals surface area contributed by atoms with Gasteiger partial charge in [-0.1, -0.05) is 107 Å². The predicted molar refractivity (Wildman–Crippen MR) is 569 cm³/mol. The lowest BCUT2D eigenvalue weighted by molar-refractivity contribution is -0.385. The number of nitrogens with zero attached hydrogens (tertiary/aromatic N) is 4. The summed E-state index contributed by atoms with van der Waals surface area (Å²) in [6.45, 7) is 0. The summed E-state index contributed by atoms with van der Waals surface area (Å²) in [5, 5.41) is 35.3. The number of para-hydroxylation sites is 2. The summed E-state index contributed by atoms with van der Waals surface area (Å²) in [5.74, 6) is -0.726. The summed E-state index contributed by atoms with van der Waals surface area (Å²) >= 11 is 26.5. The number of nitro benzene ring substituents is 2. The molecule has 140 heavy (non-hydrogen) atoms. The summed E-state index contributed by atoms with van der Waals surface area (Å²) in [4.78, 5) is 152. The zero-order valence-corrected chi connectivity index (χ0v) is 80.8. The molecule has 7 aromatic heterocycles. The first kappa shape index (κ1) is 108. The van der Waals surface area contributed by atoms with Crippen LogP contribution in [-0.4, -0.2) is 67.7 Å². The summed E-state index contributed by atoms with van der Waals surface area (Å²) in [6, 6.07) is 97.5. The molecule has 18 rings (SSSR count). The average molecular weight is 2060 g/mol. The number of aromatic nitrogens is 7. The number of nitro groups is 2. The quantitative estimate of drug-likeness (QED) is 0.0118. The number of halogens is 5. The number of rotatable bonds is 19. The molecule has 0 aliphatic heterocycles. The number of fused-ring (bicyclic) bond motifs is 2. The predicted octanol–water partition coefficient (Wildman–Crippen LogP) is 23.5. The highest BCUT2D eigenvalue weighted by Crippen LogP contribution is 2.33. The zero-order valence-electron chi connectivity index (χ0n) is 72.7. The Labute approximate surface area is 848 Å². The fraction of sp³-hybridized carbons (Fsp3) is 0. The van der Waals surface area contributed by atoms with E-state index >= 15 is 0 Å². The lowest BCUT2D eigenvalue weighted by atomic mass is 10.1. The van der Waals surface area contributed by atoms with Crippen molar-refractivity contribution in [2.45, 2.75) is 44.1 Å². The minimum absolute atomic E-state index is 0. The molecular weight excluding hydrogens is 1980 g/mol. The number of carbonyl (C=O) groups excluding carboxylic acids is 4. The second-order valence-electron chi connectivity index (χ2n) is 28.3. The third-order valence-corrected chi connectivity index (χ3v) is 23.3. The van der Waals surface area contributed by atoms with Gasteiger partial charge in [0.05, 0.1) is 25.9 Å². The van der Waals surface area contributed by atoms with E-state index in [4.69, 9.17) is 52.0 Å². The molecule has 15 N–H and O–H groups in total. The van der Waals surface area contributed by atoms with Crippen LogP contribution in [0.3, 0.4) is 0 Å². The molecule has 708 valence electrons. The van der Waals surface area contributed by atoms with Crippen LogP contribution in [0.1, 0.15) is 41.4 Å². The van der Waals surface area contributed by atoms with Crippen LogP contribution in [0.2, 0.25) is 10.0 Å². The maximum absolute atomic E-state index is 12.7. The van der Waals surface area contributed by atoms with Gasteiger partial charge < -0.3 is 63.4 Å². The lowest BCUT2D eigenvalue weighted by Crippen LogP contribution is -2.11. The molecular formula is C101H81Cl5N16O13S5. The van der Waals surface area contributed by atoms with Crippen molar-refractivity contribution in [1.29, 1.82) is 0 Å². The highest BCUT2D eigenvalue weighted by molar-refractivity contribution is 8.00. The number of nitrogens with two attached hydrogens (primary N) is 3. The molecule has 29 nitrogen and oxygen atoms in total. The van der Waals surface area contributed by atoms with Crippen molar-refractivity contribution in [2.75, 3.05) is 38.5 Å². The van der Waals surface area contributed by atoms with Crippen molar-refractivity contribution in [1.82, 2.24) is 34.9 Å². The van der Waals surface area contributed by atoms with Gasteiger partial charge in [-0.2, -0.15) is 0 Å². The Morgan fingerprint density at radius 1 is 0.336 bits per heavy atom. The van der Waals surface area contributed by atoms with Gasteiger partial charge in [-0.25, -0.2) is 0 Å². The van der Waals surface area contributed by atoms with Crippen molar-refractivity contribution in [3.05, 3.63) is 487 Å². The van der Waals surface area contributed by atoms with Crippen molar-refractivity contribution in [2.24, 2.45) is 0 Å². The van der Waals surface area contributed by atoms with Crippen LogP contribution in [0.25, 0.3) is 21.8 Å².